The first-order valence-electron chi connectivity index (χ1n) is 6.11. The molecule has 0 fully saturated rings. The molecule has 17 heavy (non-hydrogen) atoms. The molecule has 4 heteroatoms. The van der Waals surface area contributed by atoms with Crippen LogP contribution in [0.1, 0.15) is 46.5 Å². The number of ether oxygens (including phenoxy) is 2. The topological polar surface area (TPSA) is 52.6 Å². The summed E-state index contributed by atoms with van der Waals surface area (Å²) >= 11 is 0. The normalized spacial score (nSPS) is 11.4. The van der Waals surface area contributed by atoms with Gasteiger partial charge in [0.15, 0.2) is 5.41 Å². The molecule has 4 nitrogen and oxygen atoms in total. The Morgan fingerprint density at radius 1 is 1.12 bits per heavy atom. The number of methoxy groups -OCH3 is 2. The summed E-state index contributed by atoms with van der Waals surface area (Å²) in [5.41, 5.74) is -1.13. The van der Waals surface area contributed by atoms with E-state index in [2.05, 4.69) is 0 Å². The van der Waals surface area contributed by atoms with Crippen LogP contribution in [-0.4, -0.2) is 26.2 Å². The molecular weight excluding hydrogens is 220 g/mol. The highest BCUT2D eigenvalue weighted by atomic mass is 16.5. The van der Waals surface area contributed by atoms with Gasteiger partial charge in [-0.15, -0.1) is 0 Å². The van der Waals surface area contributed by atoms with Gasteiger partial charge in [0.1, 0.15) is 0 Å². The Bertz CT molecular complexity index is 242. The zero-order valence-electron chi connectivity index (χ0n) is 11.5. The Hall–Kier alpha value is -1.06. The minimum atomic E-state index is -1.13. The fourth-order valence-electron chi connectivity index (χ4n) is 2.12. The number of hydrogen-bond donors (Lipinski definition) is 0. The molecular formula is C13H24O4. The molecule has 0 aliphatic rings. The molecule has 0 saturated carbocycles. The van der Waals surface area contributed by atoms with Crippen molar-refractivity contribution >= 4 is 11.9 Å². The van der Waals surface area contributed by atoms with E-state index in [1.807, 2.05) is 20.8 Å². The lowest BCUT2D eigenvalue weighted by atomic mass is 9.76. The van der Waals surface area contributed by atoms with E-state index in [-0.39, 0.29) is 5.92 Å². The summed E-state index contributed by atoms with van der Waals surface area (Å²) in [7, 11) is 2.62. The van der Waals surface area contributed by atoms with Gasteiger partial charge in [0.05, 0.1) is 14.2 Å². The number of rotatable bonds is 7. The minimum absolute atomic E-state index is 0.227. The molecule has 0 amide bonds. The van der Waals surface area contributed by atoms with Crippen molar-refractivity contribution < 1.29 is 19.1 Å². The van der Waals surface area contributed by atoms with Gasteiger partial charge in [-0.1, -0.05) is 33.6 Å². The Kier molecular flexibility index (Phi) is 6.85. The average molecular weight is 244 g/mol. The SMILES string of the molecule is CCCCC(CC(C)C)(C(=O)OC)C(=O)OC. The molecule has 100 valence electrons. The van der Waals surface area contributed by atoms with Crippen LogP contribution in [0.15, 0.2) is 0 Å². The largest absolute Gasteiger partial charge is 0.468 e. The van der Waals surface area contributed by atoms with Crippen LogP contribution >= 0.6 is 0 Å². The van der Waals surface area contributed by atoms with Gasteiger partial charge in [0, 0.05) is 0 Å². The maximum Gasteiger partial charge on any atom is 0.323 e. The van der Waals surface area contributed by atoms with Gasteiger partial charge in [-0.2, -0.15) is 0 Å². The standard InChI is InChI=1S/C13H24O4/c1-6-7-8-13(9-10(2)3,11(14)16-4)12(15)17-5/h10H,6-9H2,1-5H3. The highest BCUT2D eigenvalue weighted by molar-refractivity contribution is 5.99. The third-order valence-electron chi connectivity index (χ3n) is 2.87. The van der Waals surface area contributed by atoms with Gasteiger partial charge >= 0.3 is 11.9 Å². The molecule has 0 N–H and O–H groups in total. The van der Waals surface area contributed by atoms with Crippen LogP contribution in [0, 0.1) is 11.3 Å². The highest BCUT2D eigenvalue weighted by Crippen LogP contribution is 2.35. The first-order chi connectivity index (χ1) is 7.94. The van der Waals surface area contributed by atoms with Crippen molar-refractivity contribution in [2.24, 2.45) is 11.3 Å². The molecule has 0 aromatic carbocycles. The van der Waals surface area contributed by atoms with Crippen molar-refractivity contribution in [2.75, 3.05) is 14.2 Å². The molecule has 0 rings (SSSR count). The Morgan fingerprint density at radius 2 is 1.59 bits per heavy atom. The first-order valence-corrected chi connectivity index (χ1v) is 6.11. The summed E-state index contributed by atoms with van der Waals surface area (Å²) < 4.78 is 9.59. The van der Waals surface area contributed by atoms with E-state index in [4.69, 9.17) is 9.47 Å². The summed E-state index contributed by atoms with van der Waals surface area (Å²) in [4.78, 5) is 23.9. The van der Waals surface area contributed by atoms with Crippen molar-refractivity contribution in [3.8, 4) is 0 Å². The van der Waals surface area contributed by atoms with Gasteiger partial charge in [-0.25, -0.2) is 0 Å². The Balaban J connectivity index is 5.19. The van der Waals surface area contributed by atoms with E-state index in [0.717, 1.165) is 12.8 Å². The molecule has 0 atom stereocenters. The smallest absolute Gasteiger partial charge is 0.323 e. The van der Waals surface area contributed by atoms with Crippen LogP contribution in [0.5, 0.6) is 0 Å². The molecule has 0 spiro atoms. The number of carbonyl (C=O) groups is 2. The lowest BCUT2D eigenvalue weighted by Crippen LogP contribution is -2.42. The van der Waals surface area contributed by atoms with E-state index in [9.17, 15) is 9.59 Å². The Morgan fingerprint density at radius 3 is 1.88 bits per heavy atom. The third kappa shape index (κ3) is 4.02. The van der Waals surface area contributed by atoms with E-state index in [0.29, 0.717) is 12.8 Å². The van der Waals surface area contributed by atoms with E-state index < -0.39 is 17.4 Å². The van der Waals surface area contributed by atoms with Crippen molar-refractivity contribution in [3.05, 3.63) is 0 Å². The van der Waals surface area contributed by atoms with Crippen LogP contribution in [0.4, 0.5) is 0 Å². The van der Waals surface area contributed by atoms with E-state index >= 15 is 0 Å². The summed E-state index contributed by atoms with van der Waals surface area (Å²) in [5.74, 6) is -0.733. The van der Waals surface area contributed by atoms with Crippen LogP contribution in [-0.2, 0) is 19.1 Å². The molecule has 0 bridgehead atoms. The van der Waals surface area contributed by atoms with Crippen LogP contribution in [0.2, 0.25) is 0 Å². The number of hydrogen-bond acceptors (Lipinski definition) is 4. The maximum absolute atomic E-state index is 12.0. The number of unbranched alkanes of at least 4 members (excludes halogenated alkanes) is 1. The van der Waals surface area contributed by atoms with Gasteiger partial charge in [-0.3, -0.25) is 9.59 Å². The van der Waals surface area contributed by atoms with Crippen molar-refractivity contribution in [3.63, 3.8) is 0 Å². The zero-order valence-corrected chi connectivity index (χ0v) is 11.5. The van der Waals surface area contributed by atoms with Crippen molar-refractivity contribution in [2.45, 2.75) is 46.5 Å². The molecule has 0 radical (unpaired) electrons. The van der Waals surface area contributed by atoms with Crippen LogP contribution < -0.4 is 0 Å². The summed E-state index contributed by atoms with van der Waals surface area (Å²) in [6.45, 7) is 5.98. The van der Waals surface area contributed by atoms with E-state index in [1.54, 1.807) is 0 Å². The second kappa shape index (κ2) is 7.30. The van der Waals surface area contributed by atoms with Crippen LogP contribution in [0.3, 0.4) is 0 Å². The third-order valence-corrected chi connectivity index (χ3v) is 2.87. The predicted octanol–water partition coefficient (Wildman–Crippen LogP) is 2.56. The monoisotopic (exact) mass is 244 g/mol. The first kappa shape index (κ1) is 15.9. The molecule has 0 heterocycles. The summed E-state index contributed by atoms with van der Waals surface area (Å²) in [6, 6.07) is 0. The summed E-state index contributed by atoms with van der Waals surface area (Å²) in [5, 5.41) is 0. The zero-order chi connectivity index (χ0) is 13.5. The minimum Gasteiger partial charge on any atom is -0.468 e. The van der Waals surface area contributed by atoms with Crippen molar-refractivity contribution in [1.29, 1.82) is 0 Å². The van der Waals surface area contributed by atoms with Gasteiger partial charge < -0.3 is 9.47 Å². The fourth-order valence-corrected chi connectivity index (χ4v) is 2.12. The van der Waals surface area contributed by atoms with E-state index in [1.165, 1.54) is 14.2 Å². The molecule has 0 aromatic heterocycles. The second-order valence-corrected chi connectivity index (χ2v) is 4.77. The van der Waals surface area contributed by atoms with Gasteiger partial charge in [-0.05, 0) is 18.8 Å². The quantitative estimate of drug-likeness (QED) is 0.510. The van der Waals surface area contributed by atoms with Crippen molar-refractivity contribution in [1.82, 2.24) is 0 Å². The Labute approximate surface area is 104 Å². The molecule has 0 aromatic rings. The lowest BCUT2D eigenvalue weighted by molar-refractivity contribution is -0.171. The average Bonchev–Trinajstić information content (AvgIpc) is 2.31. The molecule has 0 saturated heterocycles. The highest BCUT2D eigenvalue weighted by Gasteiger charge is 2.47. The van der Waals surface area contributed by atoms with Gasteiger partial charge in [0.25, 0.3) is 0 Å². The lowest BCUT2D eigenvalue weighted by Gasteiger charge is -2.29. The second-order valence-electron chi connectivity index (χ2n) is 4.77. The predicted molar refractivity (Wildman–Crippen MR) is 65.4 cm³/mol. The number of carbonyl (C=O) groups excluding carboxylic acids is 2. The number of esters is 2. The van der Waals surface area contributed by atoms with Crippen LogP contribution in [0.25, 0.3) is 0 Å². The van der Waals surface area contributed by atoms with Gasteiger partial charge in [0.2, 0.25) is 0 Å². The molecule has 0 aliphatic heterocycles. The molecule has 0 unspecified atom stereocenters. The summed E-state index contributed by atoms with van der Waals surface area (Å²) in [6.07, 6.45) is 2.68. The maximum atomic E-state index is 12.0. The fraction of sp³-hybridized carbons (Fsp3) is 0.846. The molecule has 0 aliphatic carbocycles.